The third kappa shape index (κ3) is 3.06. The first-order chi connectivity index (χ1) is 12.1. The Morgan fingerprint density at radius 2 is 1.88 bits per heavy atom. The third-order valence-electron chi connectivity index (χ3n) is 4.04. The average molecular weight is 348 g/mol. The molecule has 0 spiro atoms. The Balaban J connectivity index is 1.57. The van der Waals surface area contributed by atoms with Crippen molar-refractivity contribution in [3.63, 3.8) is 0 Å². The van der Waals surface area contributed by atoms with Crippen LogP contribution in [-0.2, 0) is 0 Å². The highest BCUT2D eigenvalue weighted by atomic mass is 32.1. The molecule has 5 heteroatoms. The number of aryl methyl sites for hydroxylation is 2. The van der Waals surface area contributed by atoms with Crippen molar-refractivity contribution in [1.82, 2.24) is 4.98 Å². The topological polar surface area (TPSA) is 55.1 Å². The molecule has 1 N–H and O–H groups in total. The fourth-order valence-electron chi connectivity index (χ4n) is 2.67. The van der Waals surface area contributed by atoms with Crippen LogP contribution in [0.4, 0.5) is 5.69 Å². The number of thiazole rings is 1. The molecule has 0 saturated carbocycles. The Bertz CT molecular complexity index is 1060. The molecule has 0 bridgehead atoms. The van der Waals surface area contributed by atoms with E-state index in [1.54, 1.807) is 24.3 Å². The number of nitrogens with zero attached hydrogens (tertiary/aromatic N) is 1. The number of amides is 1. The first-order valence-corrected chi connectivity index (χ1v) is 8.75. The van der Waals surface area contributed by atoms with Crippen LogP contribution in [0.5, 0.6) is 0 Å². The Morgan fingerprint density at radius 1 is 1.08 bits per heavy atom. The number of carbonyl (C=O) groups excluding carboxylic acids is 1. The minimum Gasteiger partial charge on any atom is -0.469 e. The molecule has 0 aliphatic carbocycles. The smallest absolute Gasteiger partial charge is 0.259 e. The highest BCUT2D eigenvalue weighted by Crippen LogP contribution is 2.31. The fourth-order valence-corrected chi connectivity index (χ4v) is 3.74. The molecule has 0 radical (unpaired) electrons. The lowest BCUT2D eigenvalue weighted by atomic mass is 10.2. The maximum atomic E-state index is 12.2. The normalized spacial score (nSPS) is 11.0. The van der Waals surface area contributed by atoms with Crippen molar-refractivity contribution in [3.05, 3.63) is 71.7 Å². The van der Waals surface area contributed by atoms with Crippen LogP contribution in [-0.4, -0.2) is 10.9 Å². The van der Waals surface area contributed by atoms with Crippen LogP contribution in [0.1, 0.15) is 21.7 Å². The number of hydrogen-bond donors (Lipinski definition) is 1. The predicted octanol–water partition coefficient (Wildman–Crippen LogP) is 5.43. The molecule has 124 valence electrons. The molecule has 1 amide bonds. The monoisotopic (exact) mass is 348 g/mol. The van der Waals surface area contributed by atoms with E-state index in [0.717, 1.165) is 21.8 Å². The van der Waals surface area contributed by atoms with E-state index in [9.17, 15) is 4.79 Å². The Labute approximate surface area is 149 Å². The summed E-state index contributed by atoms with van der Waals surface area (Å²) in [6.45, 7) is 3.85. The number of rotatable bonds is 3. The molecule has 25 heavy (non-hydrogen) atoms. The van der Waals surface area contributed by atoms with Gasteiger partial charge >= 0.3 is 0 Å². The average Bonchev–Trinajstić information content (AvgIpc) is 3.21. The van der Waals surface area contributed by atoms with Gasteiger partial charge in [-0.15, -0.1) is 11.3 Å². The zero-order chi connectivity index (χ0) is 17.4. The Hall–Kier alpha value is -2.92. The summed E-state index contributed by atoms with van der Waals surface area (Å²) in [6.07, 6.45) is 1.52. The lowest BCUT2D eigenvalue weighted by Crippen LogP contribution is -2.11. The van der Waals surface area contributed by atoms with Crippen molar-refractivity contribution < 1.29 is 9.21 Å². The molecule has 4 rings (SSSR count). The summed E-state index contributed by atoms with van der Waals surface area (Å²) in [7, 11) is 0. The minimum atomic E-state index is -0.172. The standard InChI is InChI=1S/C20H16N2O2S/c1-12-3-8-17-18(11-12)25-20(22-17)14-4-6-15(7-5-14)21-19(23)16-9-10-24-13(16)2/h3-11H,1-2H3,(H,21,23). The van der Waals surface area contributed by atoms with Gasteiger partial charge in [0.1, 0.15) is 10.8 Å². The molecule has 0 atom stereocenters. The summed E-state index contributed by atoms with van der Waals surface area (Å²) < 4.78 is 6.35. The van der Waals surface area contributed by atoms with E-state index >= 15 is 0 Å². The van der Waals surface area contributed by atoms with Gasteiger partial charge in [0.25, 0.3) is 5.91 Å². The molecule has 2 aromatic heterocycles. The molecule has 4 nitrogen and oxygen atoms in total. The van der Waals surface area contributed by atoms with Gasteiger partial charge in [-0.25, -0.2) is 4.98 Å². The van der Waals surface area contributed by atoms with E-state index in [4.69, 9.17) is 4.42 Å². The predicted molar refractivity (Wildman–Crippen MR) is 101 cm³/mol. The summed E-state index contributed by atoms with van der Waals surface area (Å²) >= 11 is 1.67. The lowest BCUT2D eigenvalue weighted by Gasteiger charge is -2.05. The number of benzene rings is 2. The molecular weight excluding hydrogens is 332 g/mol. The Morgan fingerprint density at radius 3 is 2.60 bits per heavy atom. The van der Waals surface area contributed by atoms with Crippen molar-refractivity contribution in [2.75, 3.05) is 5.32 Å². The van der Waals surface area contributed by atoms with Gasteiger partial charge in [0.15, 0.2) is 0 Å². The highest BCUT2D eigenvalue weighted by molar-refractivity contribution is 7.21. The van der Waals surface area contributed by atoms with Gasteiger partial charge in [0.05, 0.1) is 22.0 Å². The molecule has 0 fully saturated rings. The van der Waals surface area contributed by atoms with Gasteiger partial charge in [-0.3, -0.25) is 4.79 Å². The van der Waals surface area contributed by atoms with E-state index in [1.807, 2.05) is 30.3 Å². The van der Waals surface area contributed by atoms with Crippen LogP contribution in [0.25, 0.3) is 20.8 Å². The quantitative estimate of drug-likeness (QED) is 0.537. The van der Waals surface area contributed by atoms with Crippen molar-refractivity contribution in [3.8, 4) is 10.6 Å². The first kappa shape index (κ1) is 15.6. The number of nitrogens with one attached hydrogen (secondary N) is 1. The van der Waals surface area contributed by atoms with Crippen molar-refractivity contribution in [2.24, 2.45) is 0 Å². The maximum Gasteiger partial charge on any atom is 0.259 e. The SMILES string of the molecule is Cc1ccc2nc(-c3ccc(NC(=O)c4ccoc4C)cc3)sc2c1. The number of aromatic nitrogens is 1. The molecule has 0 aliphatic rings. The molecular formula is C20H16N2O2S. The van der Waals surface area contributed by atoms with Crippen LogP contribution in [0.3, 0.4) is 0 Å². The number of carbonyl (C=O) groups is 1. The molecule has 4 aromatic rings. The van der Waals surface area contributed by atoms with Crippen molar-refractivity contribution in [2.45, 2.75) is 13.8 Å². The summed E-state index contributed by atoms with van der Waals surface area (Å²) in [5, 5.41) is 3.86. The summed E-state index contributed by atoms with van der Waals surface area (Å²) in [4.78, 5) is 16.9. The van der Waals surface area contributed by atoms with Gasteiger partial charge in [0, 0.05) is 11.3 Å². The van der Waals surface area contributed by atoms with E-state index in [-0.39, 0.29) is 5.91 Å². The van der Waals surface area contributed by atoms with E-state index in [2.05, 4.69) is 29.4 Å². The van der Waals surface area contributed by atoms with Crippen molar-refractivity contribution in [1.29, 1.82) is 0 Å². The van der Waals surface area contributed by atoms with Gasteiger partial charge in [0.2, 0.25) is 0 Å². The summed E-state index contributed by atoms with van der Waals surface area (Å²) in [5.41, 5.74) is 4.57. The van der Waals surface area contributed by atoms with Crippen LogP contribution in [0.2, 0.25) is 0 Å². The van der Waals surface area contributed by atoms with Gasteiger partial charge in [-0.05, 0) is 61.9 Å². The van der Waals surface area contributed by atoms with Gasteiger partial charge < -0.3 is 9.73 Å². The van der Waals surface area contributed by atoms with Crippen molar-refractivity contribution >= 4 is 33.1 Å². The molecule has 2 heterocycles. The van der Waals surface area contributed by atoms with E-state index in [0.29, 0.717) is 11.3 Å². The fraction of sp³-hybridized carbons (Fsp3) is 0.100. The van der Waals surface area contributed by atoms with Gasteiger partial charge in [-0.1, -0.05) is 6.07 Å². The van der Waals surface area contributed by atoms with Crippen LogP contribution >= 0.6 is 11.3 Å². The number of anilines is 1. The zero-order valence-corrected chi connectivity index (χ0v) is 14.7. The summed E-state index contributed by atoms with van der Waals surface area (Å²) in [5.74, 6) is 0.438. The number of fused-ring (bicyclic) bond motifs is 1. The maximum absolute atomic E-state index is 12.2. The highest BCUT2D eigenvalue weighted by Gasteiger charge is 2.12. The zero-order valence-electron chi connectivity index (χ0n) is 13.9. The second-order valence-electron chi connectivity index (χ2n) is 5.91. The Kier molecular flexibility index (Phi) is 3.86. The number of hydrogen-bond acceptors (Lipinski definition) is 4. The second-order valence-corrected chi connectivity index (χ2v) is 6.94. The van der Waals surface area contributed by atoms with Crippen LogP contribution in [0, 0.1) is 13.8 Å². The van der Waals surface area contributed by atoms with Crippen LogP contribution in [0.15, 0.2) is 59.2 Å². The number of furan rings is 1. The first-order valence-electron chi connectivity index (χ1n) is 7.93. The minimum absolute atomic E-state index is 0.172. The third-order valence-corrected chi connectivity index (χ3v) is 5.10. The molecule has 0 unspecified atom stereocenters. The summed E-state index contributed by atoms with van der Waals surface area (Å²) in [6, 6.07) is 15.7. The molecule has 0 aliphatic heterocycles. The molecule has 0 saturated heterocycles. The van der Waals surface area contributed by atoms with Gasteiger partial charge in [-0.2, -0.15) is 0 Å². The van der Waals surface area contributed by atoms with E-state index < -0.39 is 0 Å². The second kappa shape index (κ2) is 6.18. The lowest BCUT2D eigenvalue weighted by molar-refractivity contribution is 0.102. The molecule has 2 aromatic carbocycles. The largest absolute Gasteiger partial charge is 0.469 e. The van der Waals surface area contributed by atoms with E-state index in [1.165, 1.54) is 16.5 Å². The van der Waals surface area contributed by atoms with Crippen LogP contribution < -0.4 is 5.32 Å².